The van der Waals surface area contributed by atoms with Gasteiger partial charge in [-0.2, -0.15) is 7.82 Å². The third-order valence-corrected chi connectivity index (χ3v) is 0. The van der Waals surface area contributed by atoms with E-state index in [0.717, 1.165) is 0 Å². The van der Waals surface area contributed by atoms with Crippen molar-refractivity contribution in [2.45, 2.75) is 0 Å². The average Bonchev–Trinajstić information content (AvgIpc) is 0.722. The molecule has 0 spiro atoms. The van der Waals surface area contributed by atoms with Crippen LogP contribution in [-0.4, -0.2) is 55.1 Å². The van der Waals surface area contributed by atoms with Gasteiger partial charge in [0, 0.05) is 17.4 Å². The molecule has 0 rings (SSSR count). The zero-order valence-corrected chi connectivity index (χ0v) is 7.62. The summed E-state index contributed by atoms with van der Waals surface area (Å²) >= 11 is 0. The SMILES string of the molecule is O=P([O-])([O-])[O-].[Al].[Ca+2]. The molecule has 0 aromatic heterocycles. The Morgan fingerprint density at radius 3 is 1.14 bits per heavy atom. The molecular formula is AlCaO4P-. The average molecular weight is 162 g/mol. The predicted octanol–water partition coefficient (Wildman–Crippen LogP) is -3.59. The van der Waals surface area contributed by atoms with E-state index >= 15 is 0 Å². The topological polar surface area (TPSA) is 86.2 Å². The van der Waals surface area contributed by atoms with E-state index < -0.39 is 7.82 Å². The molecule has 0 saturated carbocycles. The quantitative estimate of drug-likeness (QED) is 0.272. The summed E-state index contributed by atoms with van der Waals surface area (Å²) in [5, 5.41) is 0. The van der Waals surface area contributed by atoms with Gasteiger partial charge in [0.1, 0.15) is 0 Å². The van der Waals surface area contributed by atoms with E-state index in [1.165, 1.54) is 0 Å². The molecule has 0 aromatic rings. The van der Waals surface area contributed by atoms with Crippen molar-refractivity contribution in [2.75, 3.05) is 0 Å². The van der Waals surface area contributed by atoms with Gasteiger partial charge in [-0.25, -0.2) is 0 Å². The van der Waals surface area contributed by atoms with Gasteiger partial charge in [0.05, 0.1) is 0 Å². The van der Waals surface area contributed by atoms with Crippen LogP contribution in [0.15, 0.2) is 0 Å². The predicted molar refractivity (Wildman–Crippen MR) is 19.1 cm³/mol. The standard InChI is InChI=1S/Al.Ca.H3O4P/c;;1-5(2,3)4/h;;(H3,1,2,3,4)/q;+2;/p-3. The molecule has 7 heavy (non-hydrogen) atoms. The molecule has 0 fully saturated rings. The van der Waals surface area contributed by atoms with E-state index in [4.69, 9.17) is 19.2 Å². The summed E-state index contributed by atoms with van der Waals surface area (Å²) in [4.78, 5) is 25.6. The van der Waals surface area contributed by atoms with Crippen LogP contribution >= 0.6 is 7.82 Å². The minimum atomic E-state index is -5.39. The summed E-state index contributed by atoms with van der Waals surface area (Å²) < 4.78 is 8.55. The van der Waals surface area contributed by atoms with Crippen LogP contribution in [0, 0.1) is 0 Å². The van der Waals surface area contributed by atoms with E-state index in [2.05, 4.69) is 0 Å². The molecule has 0 atom stereocenters. The summed E-state index contributed by atoms with van der Waals surface area (Å²) in [6, 6.07) is 0. The second-order valence-corrected chi connectivity index (χ2v) is 1.34. The molecule has 0 N–H and O–H groups in total. The van der Waals surface area contributed by atoms with E-state index in [9.17, 15) is 0 Å². The molecular weight excluding hydrogens is 162 g/mol. The molecule has 4 nitrogen and oxygen atoms in total. The first kappa shape index (κ1) is 16.0. The second-order valence-electron chi connectivity index (χ2n) is 0.447. The van der Waals surface area contributed by atoms with Gasteiger partial charge in [0.15, 0.2) is 0 Å². The Bertz CT molecular complexity index is 57.8. The van der Waals surface area contributed by atoms with Crippen LogP contribution in [0.1, 0.15) is 0 Å². The fraction of sp³-hybridized carbons (Fsp3) is 0. The zero-order chi connectivity index (χ0) is 4.50. The van der Waals surface area contributed by atoms with Crippen molar-refractivity contribution >= 4 is 62.9 Å². The molecule has 0 saturated heterocycles. The molecule has 0 amide bonds. The van der Waals surface area contributed by atoms with Crippen molar-refractivity contribution in [2.24, 2.45) is 0 Å². The van der Waals surface area contributed by atoms with Crippen molar-refractivity contribution in [3.63, 3.8) is 0 Å². The van der Waals surface area contributed by atoms with Gasteiger partial charge in [-0.3, -0.25) is 0 Å². The van der Waals surface area contributed by atoms with Crippen molar-refractivity contribution in [1.82, 2.24) is 0 Å². The van der Waals surface area contributed by atoms with Crippen molar-refractivity contribution in [3.05, 3.63) is 0 Å². The Balaban J connectivity index is -0.0000000800. The summed E-state index contributed by atoms with van der Waals surface area (Å²) in [5.74, 6) is 0. The van der Waals surface area contributed by atoms with Crippen LogP contribution < -0.4 is 14.7 Å². The van der Waals surface area contributed by atoms with Crippen LogP contribution in [0.25, 0.3) is 0 Å². The van der Waals surface area contributed by atoms with Crippen LogP contribution in [0.2, 0.25) is 0 Å². The molecule has 7 heteroatoms. The molecule has 0 aliphatic carbocycles. The molecule has 0 aliphatic rings. The van der Waals surface area contributed by atoms with Gasteiger partial charge in [-0.15, -0.1) is 0 Å². The Kier molecular flexibility index (Phi) is 13.7. The van der Waals surface area contributed by atoms with Crippen LogP contribution in [0.4, 0.5) is 0 Å². The first-order valence-electron chi connectivity index (χ1n) is 0.730. The minimum Gasteiger partial charge on any atom is -0.822 e. The minimum absolute atomic E-state index is 0. The maximum Gasteiger partial charge on any atom is 2.00 e. The first-order valence-corrected chi connectivity index (χ1v) is 2.19. The van der Waals surface area contributed by atoms with Crippen LogP contribution in [0.3, 0.4) is 0 Å². The zero-order valence-electron chi connectivity index (χ0n) is 3.36. The summed E-state index contributed by atoms with van der Waals surface area (Å²) in [7, 11) is -5.39. The van der Waals surface area contributed by atoms with E-state index in [0.29, 0.717) is 0 Å². The molecule has 0 heterocycles. The van der Waals surface area contributed by atoms with Crippen LogP contribution in [0.5, 0.6) is 0 Å². The van der Waals surface area contributed by atoms with Crippen molar-refractivity contribution < 1.29 is 19.2 Å². The molecule has 0 unspecified atom stereocenters. The molecule has 0 aromatic carbocycles. The first-order chi connectivity index (χ1) is 2.00. The normalized spacial score (nSPS) is 8.43. The smallest absolute Gasteiger partial charge is 0.822 e. The summed E-state index contributed by atoms with van der Waals surface area (Å²) in [5.41, 5.74) is 0. The van der Waals surface area contributed by atoms with Gasteiger partial charge < -0.3 is 19.2 Å². The number of hydrogen-bond acceptors (Lipinski definition) is 4. The molecule has 3 radical (unpaired) electrons. The van der Waals surface area contributed by atoms with Gasteiger partial charge in [-0.05, 0) is 0 Å². The Hall–Kier alpha value is 1.90. The third-order valence-electron chi connectivity index (χ3n) is 0. The maximum atomic E-state index is 8.55. The Labute approximate surface area is 81.3 Å². The molecule has 0 bridgehead atoms. The maximum absolute atomic E-state index is 8.55. The van der Waals surface area contributed by atoms with E-state index in [-0.39, 0.29) is 55.1 Å². The summed E-state index contributed by atoms with van der Waals surface area (Å²) in [6.45, 7) is 0. The van der Waals surface area contributed by atoms with E-state index in [1.54, 1.807) is 0 Å². The Morgan fingerprint density at radius 1 is 1.14 bits per heavy atom. The second kappa shape index (κ2) is 6.03. The number of rotatable bonds is 0. The van der Waals surface area contributed by atoms with Gasteiger partial charge in [0.2, 0.25) is 0 Å². The fourth-order valence-corrected chi connectivity index (χ4v) is 0. The van der Waals surface area contributed by atoms with Crippen molar-refractivity contribution in [3.8, 4) is 0 Å². The molecule has 0 aliphatic heterocycles. The van der Waals surface area contributed by atoms with Crippen molar-refractivity contribution in [1.29, 1.82) is 0 Å². The molecule has 35 valence electrons. The fourth-order valence-electron chi connectivity index (χ4n) is 0. The Morgan fingerprint density at radius 2 is 1.14 bits per heavy atom. The number of phosphoric acid groups is 1. The summed E-state index contributed by atoms with van der Waals surface area (Å²) in [6.07, 6.45) is 0. The third kappa shape index (κ3) is 76.1. The monoisotopic (exact) mass is 162 g/mol. The van der Waals surface area contributed by atoms with Gasteiger partial charge in [0.25, 0.3) is 0 Å². The van der Waals surface area contributed by atoms with Crippen LogP contribution in [-0.2, 0) is 4.57 Å². The largest absolute Gasteiger partial charge is 2.00 e. The number of hydrogen-bond donors (Lipinski definition) is 0. The van der Waals surface area contributed by atoms with E-state index in [1.807, 2.05) is 0 Å². The van der Waals surface area contributed by atoms with Gasteiger partial charge in [-0.1, -0.05) is 0 Å². The van der Waals surface area contributed by atoms with Gasteiger partial charge >= 0.3 is 37.7 Å².